The van der Waals surface area contributed by atoms with E-state index in [0.717, 1.165) is 0 Å². The number of aryl methyl sites for hydroxylation is 2. The monoisotopic (exact) mass is 272 g/mol. The van der Waals surface area contributed by atoms with Crippen LogP contribution in [-0.2, 0) is 12.8 Å². The van der Waals surface area contributed by atoms with Gasteiger partial charge in [0.2, 0.25) is 0 Å². The minimum absolute atomic E-state index is 0. The molecule has 104 valence electrons. The molecule has 0 amide bonds. The largest absolute Gasteiger partial charge is 0.0651 e. The van der Waals surface area contributed by atoms with E-state index < -0.39 is 0 Å². The van der Waals surface area contributed by atoms with Crippen LogP contribution in [0.25, 0.3) is 0 Å². The van der Waals surface area contributed by atoms with Gasteiger partial charge in [-0.15, -0.1) is 0 Å². The molecule has 0 aliphatic carbocycles. The molecular formula is C18H28Si. The highest BCUT2D eigenvalue weighted by Crippen LogP contribution is 2.01. The molecule has 0 aliphatic heterocycles. The molecule has 0 nitrogen and oxygen atoms in total. The first-order valence-electron chi connectivity index (χ1n) is 6.94. The summed E-state index contributed by atoms with van der Waals surface area (Å²) in [5.41, 5.74) is 2.89. The van der Waals surface area contributed by atoms with Crippen LogP contribution < -0.4 is 0 Å². The predicted molar refractivity (Wildman–Crippen MR) is 92.2 cm³/mol. The fraction of sp³-hybridized carbons (Fsp3) is 0.333. The van der Waals surface area contributed by atoms with Crippen LogP contribution in [0.15, 0.2) is 60.7 Å². The maximum absolute atomic E-state index is 2.20. The Kier molecular flexibility index (Phi) is 10.9. The molecule has 0 heterocycles. The zero-order chi connectivity index (χ0) is 13.1. The van der Waals surface area contributed by atoms with Crippen LogP contribution >= 0.6 is 0 Å². The molecule has 0 atom stereocenters. The summed E-state index contributed by atoms with van der Waals surface area (Å²) in [5, 5.41) is 0. The van der Waals surface area contributed by atoms with Crippen molar-refractivity contribution in [2.45, 2.75) is 39.5 Å². The van der Waals surface area contributed by atoms with Gasteiger partial charge in [0.25, 0.3) is 0 Å². The molecule has 0 unspecified atom stereocenters. The van der Waals surface area contributed by atoms with Gasteiger partial charge in [0.15, 0.2) is 0 Å². The van der Waals surface area contributed by atoms with Gasteiger partial charge in [0.1, 0.15) is 0 Å². The second kappa shape index (κ2) is 11.7. The summed E-state index contributed by atoms with van der Waals surface area (Å²) in [5.74, 6) is 0. The van der Waals surface area contributed by atoms with E-state index >= 15 is 0 Å². The molecule has 19 heavy (non-hydrogen) atoms. The minimum Gasteiger partial charge on any atom is -0.0651 e. The Hall–Kier alpha value is -1.34. The second-order valence-corrected chi connectivity index (χ2v) is 4.47. The fourth-order valence-electron chi connectivity index (χ4n) is 1.87. The minimum atomic E-state index is 0. The molecule has 2 aromatic rings. The van der Waals surface area contributed by atoms with Gasteiger partial charge in [-0.1, -0.05) is 87.4 Å². The van der Waals surface area contributed by atoms with Crippen molar-refractivity contribution in [1.29, 1.82) is 0 Å². The Bertz CT molecular complexity index is 353. The second-order valence-electron chi connectivity index (χ2n) is 4.47. The van der Waals surface area contributed by atoms with Crippen molar-refractivity contribution < 1.29 is 0 Å². The topological polar surface area (TPSA) is 0 Å². The van der Waals surface area contributed by atoms with E-state index in [2.05, 4.69) is 74.5 Å². The Morgan fingerprint density at radius 3 is 1.16 bits per heavy atom. The van der Waals surface area contributed by atoms with Crippen LogP contribution in [0, 0.1) is 0 Å². The first kappa shape index (κ1) is 17.7. The van der Waals surface area contributed by atoms with E-state index in [1.165, 1.54) is 36.8 Å². The van der Waals surface area contributed by atoms with E-state index in [0.29, 0.717) is 0 Å². The Morgan fingerprint density at radius 1 is 0.579 bits per heavy atom. The van der Waals surface area contributed by atoms with Crippen LogP contribution in [0.1, 0.15) is 37.8 Å². The van der Waals surface area contributed by atoms with Crippen LogP contribution in [0.2, 0.25) is 0 Å². The van der Waals surface area contributed by atoms with Crippen LogP contribution in [-0.4, -0.2) is 11.0 Å². The number of hydrogen-bond acceptors (Lipinski definition) is 0. The highest BCUT2D eigenvalue weighted by atomic mass is 28.1. The molecule has 0 spiro atoms. The van der Waals surface area contributed by atoms with Crippen molar-refractivity contribution in [3.8, 4) is 0 Å². The van der Waals surface area contributed by atoms with Gasteiger partial charge in [0, 0.05) is 0 Å². The van der Waals surface area contributed by atoms with Gasteiger partial charge in [-0.05, 0) is 34.9 Å². The van der Waals surface area contributed by atoms with Crippen LogP contribution in [0.4, 0.5) is 0 Å². The molecule has 0 bridgehead atoms. The summed E-state index contributed by atoms with van der Waals surface area (Å²) in [7, 11) is 0. The molecule has 0 fully saturated rings. The molecule has 0 saturated heterocycles. The lowest BCUT2D eigenvalue weighted by atomic mass is 10.1. The van der Waals surface area contributed by atoms with Gasteiger partial charge in [-0.3, -0.25) is 0 Å². The Morgan fingerprint density at radius 2 is 0.895 bits per heavy atom. The molecule has 0 aromatic heterocycles. The van der Waals surface area contributed by atoms with Gasteiger partial charge >= 0.3 is 0 Å². The summed E-state index contributed by atoms with van der Waals surface area (Å²) in [6, 6.07) is 21.1. The van der Waals surface area contributed by atoms with Gasteiger partial charge in [-0.2, -0.15) is 0 Å². The SMILES string of the molecule is CCCc1ccccc1.CCCc1ccccc1.[SiH4]. The third-order valence-corrected chi connectivity index (χ3v) is 2.76. The average molecular weight is 273 g/mol. The van der Waals surface area contributed by atoms with Crippen molar-refractivity contribution in [1.82, 2.24) is 0 Å². The van der Waals surface area contributed by atoms with Crippen molar-refractivity contribution >= 4 is 11.0 Å². The number of hydrogen-bond donors (Lipinski definition) is 0. The fourth-order valence-corrected chi connectivity index (χ4v) is 1.87. The van der Waals surface area contributed by atoms with E-state index in [4.69, 9.17) is 0 Å². The zero-order valence-electron chi connectivity index (χ0n) is 11.6. The first-order valence-corrected chi connectivity index (χ1v) is 6.94. The van der Waals surface area contributed by atoms with Gasteiger partial charge in [-0.25, -0.2) is 0 Å². The lowest BCUT2D eigenvalue weighted by Crippen LogP contribution is -1.78. The lowest BCUT2D eigenvalue weighted by molar-refractivity contribution is 0.922. The standard InChI is InChI=1S/2C9H12.H4Si/c2*1-2-6-9-7-4-3-5-8-9;/h2*3-5,7-8H,2,6H2,1H3;1H4. The summed E-state index contributed by atoms with van der Waals surface area (Å²) in [4.78, 5) is 0. The summed E-state index contributed by atoms with van der Waals surface area (Å²) < 4.78 is 0. The molecule has 2 rings (SSSR count). The molecule has 0 saturated carbocycles. The summed E-state index contributed by atoms with van der Waals surface area (Å²) in [6.07, 6.45) is 4.90. The molecule has 1 heteroatoms. The predicted octanol–water partition coefficient (Wildman–Crippen LogP) is 3.83. The van der Waals surface area contributed by atoms with Crippen molar-refractivity contribution in [2.24, 2.45) is 0 Å². The summed E-state index contributed by atoms with van der Waals surface area (Å²) in [6.45, 7) is 4.40. The van der Waals surface area contributed by atoms with Crippen molar-refractivity contribution in [3.05, 3.63) is 71.8 Å². The van der Waals surface area contributed by atoms with Crippen molar-refractivity contribution in [2.75, 3.05) is 0 Å². The summed E-state index contributed by atoms with van der Waals surface area (Å²) >= 11 is 0. The maximum atomic E-state index is 2.20. The third kappa shape index (κ3) is 8.39. The molecule has 0 radical (unpaired) electrons. The zero-order valence-corrected chi connectivity index (χ0v) is 11.6. The molecule has 2 aromatic carbocycles. The number of rotatable bonds is 4. The molecule has 0 N–H and O–H groups in total. The molecule has 0 aliphatic rings. The Balaban J connectivity index is 0.000000324. The normalized spacial score (nSPS) is 8.95. The quantitative estimate of drug-likeness (QED) is 0.742. The number of benzene rings is 2. The van der Waals surface area contributed by atoms with E-state index in [-0.39, 0.29) is 11.0 Å². The van der Waals surface area contributed by atoms with Crippen LogP contribution in [0.5, 0.6) is 0 Å². The van der Waals surface area contributed by atoms with Crippen molar-refractivity contribution in [3.63, 3.8) is 0 Å². The van der Waals surface area contributed by atoms with E-state index in [1.54, 1.807) is 0 Å². The highest BCUT2D eigenvalue weighted by Gasteiger charge is 1.85. The third-order valence-electron chi connectivity index (χ3n) is 2.76. The van der Waals surface area contributed by atoms with Crippen LogP contribution in [0.3, 0.4) is 0 Å². The first-order chi connectivity index (χ1) is 8.86. The maximum Gasteiger partial charge on any atom is -0.0149 e. The highest BCUT2D eigenvalue weighted by molar-refractivity contribution is 5.75. The van der Waals surface area contributed by atoms with Gasteiger partial charge < -0.3 is 0 Å². The molecular weight excluding hydrogens is 244 g/mol. The van der Waals surface area contributed by atoms with Gasteiger partial charge in [0.05, 0.1) is 0 Å². The van der Waals surface area contributed by atoms with E-state index in [9.17, 15) is 0 Å². The average Bonchev–Trinajstić information content (AvgIpc) is 2.43. The smallest absolute Gasteiger partial charge is 0.0149 e. The van der Waals surface area contributed by atoms with E-state index in [1.807, 2.05) is 0 Å². The lowest BCUT2D eigenvalue weighted by Gasteiger charge is -1.93. The Labute approximate surface area is 122 Å².